The molecule has 0 spiro atoms. The molecule has 2 aromatic rings. The van der Waals surface area contributed by atoms with Gasteiger partial charge in [0.25, 0.3) is 5.91 Å². The molecule has 0 heterocycles. The van der Waals surface area contributed by atoms with Crippen molar-refractivity contribution in [3.63, 3.8) is 0 Å². The van der Waals surface area contributed by atoms with Crippen LogP contribution in [0.15, 0.2) is 59.1 Å². The molecule has 0 aliphatic rings. The van der Waals surface area contributed by atoms with Gasteiger partial charge in [0.05, 0.1) is 0 Å². The summed E-state index contributed by atoms with van der Waals surface area (Å²) in [5.41, 5.74) is 1.13. The Hall–Kier alpha value is -2.01. The molecule has 122 valence electrons. The van der Waals surface area contributed by atoms with Crippen LogP contribution in [0, 0.1) is 0 Å². The number of carbonyl (C=O) groups is 1. The maximum atomic E-state index is 12.1. The Kier molecular flexibility index (Phi) is 6.47. The molecule has 4 nitrogen and oxygen atoms in total. The minimum absolute atomic E-state index is 0.116. The van der Waals surface area contributed by atoms with Gasteiger partial charge in [0.2, 0.25) is 0 Å². The zero-order valence-corrected chi connectivity index (χ0v) is 14.9. The van der Waals surface area contributed by atoms with Crippen LogP contribution >= 0.6 is 15.9 Å². The maximum absolute atomic E-state index is 12.1. The summed E-state index contributed by atoms with van der Waals surface area (Å²) in [6, 6.07) is 17.5. The molecular weight excluding hydrogens is 356 g/mol. The van der Waals surface area contributed by atoms with Crippen LogP contribution in [0.2, 0.25) is 0 Å². The van der Waals surface area contributed by atoms with E-state index in [9.17, 15) is 4.79 Å². The van der Waals surface area contributed by atoms with Crippen molar-refractivity contribution in [1.82, 2.24) is 5.32 Å². The molecule has 0 aliphatic carbocycles. The summed E-state index contributed by atoms with van der Waals surface area (Å²) in [5.74, 6) is 0.562. The van der Waals surface area contributed by atoms with Crippen LogP contribution in [0.3, 0.4) is 0 Å². The minimum atomic E-state index is -0.529. The molecule has 1 unspecified atom stereocenters. The zero-order valence-electron chi connectivity index (χ0n) is 13.3. The van der Waals surface area contributed by atoms with E-state index in [0.717, 1.165) is 16.7 Å². The number of rotatable bonds is 7. The Bertz CT molecular complexity index is 617. The fourth-order valence-corrected chi connectivity index (χ4v) is 2.34. The van der Waals surface area contributed by atoms with Crippen molar-refractivity contribution in [1.29, 1.82) is 0 Å². The van der Waals surface area contributed by atoms with E-state index in [0.29, 0.717) is 12.3 Å². The molecule has 2 rings (SSSR count). The third-order valence-corrected chi connectivity index (χ3v) is 3.97. The Labute approximate surface area is 145 Å². The number of ether oxygens (including phenoxy) is 1. The van der Waals surface area contributed by atoms with E-state index in [4.69, 9.17) is 4.74 Å². The summed E-state index contributed by atoms with van der Waals surface area (Å²) in [7, 11) is 2.00. The summed E-state index contributed by atoms with van der Waals surface area (Å²) in [6.07, 6.45) is -0.529. The van der Waals surface area contributed by atoms with Gasteiger partial charge < -0.3 is 15.0 Å². The summed E-state index contributed by atoms with van der Waals surface area (Å²) < 4.78 is 6.60. The van der Waals surface area contributed by atoms with Gasteiger partial charge >= 0.3 is 0 Å². The van der Waals surface area contributed by atoms with Crippen molar-refractivity contribution in [2.24, 2.45) is 0 Å². The fourth-order valence-electron chi connectivity index (χ4n) is 2.07. The average molecular weight is 377 g/mol. The number of amides is 1. The van der Waals surface area contributed by atoms with Gasteiger partial charge in [-0.25, -0.2) is 0 Å². The van der Waals surface area contributed by atoms with Crippen LogP contribution < -0.4 is 15.0 Å². The van der Waals surface area contributed by atoms with E-state index >= 15 is 0 Å². The zero-order chi connectivity index (χ0) is 16.7. The second-order valence-corrected chi connectivity index (χ2v) is 6.18. The van der Waals surface area contributed by atoms with Crippen molar-refractivity contribution in [2.45, 2.75) is 13.0 Å². The summed E-state index contributed by atoms with van der Waals surface area (Å²) >= 11 is 3.37. The third-order valence-electron chi connectivity index (χ3n) is 3.44. The number of nitrogens with one attached hydrogen (secondary N) is 1. The van der Waals surface area contributed by atoms with Crippen molar-refractivity contribution in [3.05, 3.63) is 59.1 Å². The van der Waals surface area contributed by atoms with Gasteiger partial charge in [-0.15, -0.1) is 0 Å². The highest BCUT2D eigenvalue weighted by Crippen LogP contribution is 2.17. The number of benzene rings is 2. The predicted octanol–water partition coefficient (Wildman–Crippen LogP) is 3.47. The lowest BCUT2D eigenvalue weighted by Gasteiger charge is -2.20. The third kappa shape index (κ3) is 5.60. The molecule has 1 atom stereocenters. The minimum Gasteiger partial charge on any atom is -0.481 e. The lowest BCUT2D eigenvalue weighted by molar-refractivity contribution is -0.127. The highest BCUT2D eigenvalue weighted by molar-refractivity contribution is 9.10. The molecule has 0 bridgehead atoms. The lowest BCUT2D eigenvalue weighted by atomic mass is 10.3. The Morgan fingerprint density at radius 1 is 1.17 bits per heavy atom. The standard InChI is InChI=1S/C18H21BrN2O2/c1-14(23-17-10-8-15(19)9-11-17)18(22)20-12-13-21(2)16-6-4-3-5-7-16/h3-11,14H,12-13H2,1-2H3,(H,20,22). The molecule has 0 saturated carbocycles. The van der Waals surface area contributed by atoms with Crippen LogP contribution in [0.1, 0.15) is 6.92 Å². The lowest BCUT2D eigenvalue weighted by Crippen LogP contribution is -2.40. The quantitative estimate of drug-likeness (QED) is 0.804. The van der Waals surface area contributed by atoms with Crippen LogP contribution in [0.25, 0.3) is 0 Å². The van der Waals surface area contributed by atoms with Gasteiger partial charge in [-0.1, -0.05) is 34.1 Å². The molecule has 0 aliphatic heterocycles. The number of hydrogen-bond donors (Lipinski definition) is 1. The highest BCUT2D eigenvalue weighted by atomic mass is 79.9. The first-order valence-corrected chi connectivity index (χ1v) is 8.31. The van der Waals surface area contributed by atoms with Crippen molar-refractivity contribution in [3.8, 4) is 5.75 Å². The first kappa shape index (κ1) is 17.3. The molecule has 5 heteroatoms. The largest absolute Gasteiger partial charge is 0.481 e. The fraction of sp³-hybridized carbons (Fsp3) is 0.278. The molecule has 1 N–H and O–H groups in total. The number of para-hydroxylation sites is 1. The van der Waals surface area contributed by atoms with Gasteiger partial charge in [0, 0.05) is 30.3 Å². The number of halogens is 1. The topological polar surface area (TPSA) is 41.6 Å². The van der Waals surface area contributed by atoms with Gasteiger partial charge in [0.1, 0.15) is 5.75 Å². The van der Waals surface area contributed by atoms with Gasteiger partial charge in [-0.3, -0.25) is 4.79 Å². The Morgan fingerprint density at radius 2 is 1.83 bits per heavy atom. The van der Waals surface area contributed by atoms with Crippen molar-refractivity contribution >= 4 is 27.5 Å². The number of anilines is 1. The Morgan fingerprint density at radius 3 is 2.48 bits per heavy atom. The first-order valence-electron chi connectivity index (χ1n) is 7.52. The second kappa shape index (κ2) is 8.58. The molecule has 0 aromatic heterocycles. The maximum Gasteiger partial charge on any atom is 0.260 e. The first-order chi connectivity index (χ1) is 11.1. The van der Waals surface area contributed by atoms with Crippen molar-refractivity contribution < 1.29 is 9.53 Å². The molecule has 0 fully saturated rings. The van der Waals surface area contributed by atoms with Gasteiger partial charge in [-0.05, 0) is 43.3 Å². The van der Waals surface area contributed by atoms with Crippen LogP contribution in [0.4, 0.5) is 5.69 Å². The monoisotopic (exact) mass is 376 g/mol. The number of hydrogen-bond acceptors (Lipinski definition) is 3. The average Bonchev–Trinajstić information content (AvgIpc) is 2.57. The molecule has 1 amide bonds. The molecular formula is C18H21BrN2O2. The smallest absolute Gasteiger partial charge is 0.260 e. The van der Waals surface area contributed by atoms with E-state index in [1.807, 2.05) is 61.6 Å². The Balaban J connectivity index is 1.74. The van der Waals surface area contributed by atoms with E-state index in [2.05, 4.69) is 26.1 Å². The summed E-state index contributed by atoms with van der Waals surface area (Å²) in [6.45, 7) is 3.05. The van der Waals surface area contributed by atoms with Gasteiger partial charge in [-0.2, -0.15) is 0 Å². The summed E-state index contributed by atoms with van der Waals surface area (Å²) in [4.78, 5) is 14.2. The normalized spacial score (nSPS) is 11.6. The van der Waals surface area contributed by atoms with Crippen LogP contribution in [0.5, 0.6) is 5.75 Å². The highest BCUT2D eigenvalue weighted by Gasteiger charge is 2.14. The van der Waals surface area contributed by atoms with E-state index in [1.165, 1.54) is 0 Å². The van der Waals surface area contributed by atoms with Crippen LogP contribution in [-0.2, 0) is 4.79 Å². The predicted molar refractivity (Wildman–Crippen MR) is 97.0 cm³/mol. The molecule has 0 radical (unpaired) electrons. The van der Waals surface area contributed by atoms with Crippen LogP contribution in [-0.4, -0.2) is 32.1 Å². The molecule has 0 saturated heterocycles. The molecule has 2 aromatic carbocycles. The van der Waals surface area contributed by atoms with Gasteiger partial charge in [0.15, 0.2) is 6.10 Å². The summed E-state index contributed by atoms with van der Waals surface area (Å²) in [5, 5.41) is 2.90. The second-order valence-electron chi connectivity index (χ2n) is 5.26. The molecule has 23 heavy (non-hydrogen) atoms. The van der Waals surface area contributed by atoms with E-state index in [-0.39, 0.29) is 5.91 Å². The van der Waals surface area contributed by atoms with E-state index < -0.39 is 6.10 Å². The number of carbonyl (C=O) groups excluding carboxylic acids is 1. The van der Waals surface area contributed by atoms with Crippen molar-refractivity contribution in [2.75, 3.05) is 25.0 Å². The SMILES string of the molecule is CC(Oc1ccc(Br)cc1)C(=O)NCCN(C)c1ccccc1. The van der Waals surface area contributed by atoms with E-state index in [1.54, 1.807) is 6.92 Å². The number of likely N-dealkylation sites (N-methyl/N-ethyl adjacent to an activating group) is 1. The number of nitrogens with zero attached hydrogens (tertiary/aromatic N) is 1.